The molecule has 0 fully saturated rings. The van der Waals surface area contributed by atoms with Crippen molar-refractivity contribution < 1.29 is 4.74 Å². The van der Waals surface area contributed by atoms with Crippen LogP contribution in [-0.2, 0) is 13.0 Å². The van der Waals surface area contributed by atoms with Crippen molar-refractivity contribution in [2.45, 2.75) is 32.9 Å². The first kappa shape index (κ1) is 17.2. The van der Waals surface area contributed by atoms with Gasteiger partial charge in [-0.2, -0.15) is 0 Å². The summed E-state index contributed by atoms with van der Waals surface area (Å²) in [5.74, 6) is 2.77. The maximum absolute atomic E-state index is 5.42. The molecule has 1 N–H and O–H groups in total. The van der Waals surface area contributed by atoms with Gasteiger partial charge in [-0.05, 0) is 43.5 Å². The zero-order valence-corrected chi connectivity index (χ0v) is 14.9. The molecule has 0 spiro atoms. The fourth-order valence-electron chi connectivity index (χ4n) is 2.85. The van der Waals surface area contributed by atoms with Gasteiger partial charge in [0.05, 0.1) is 7.11 Å². The van der Waals surface area contributed by atoms with Crippen LogP contribution in [0.1, 0.15) is 23.9 Å². The third-order valence-corrected chi connectivity index (χ3v) is 4.25. The number of imidazole rings is 1. The maximum atomic E-state index is 5.42. The third kappa shape index (κ3) is 4.25. The van der Waals surface area contributed by atoms with Gasteiger partial charge in [0.25, 0.3) is 0 Å². The number of hydrogen-bond acceptors (Lipinski definition) is 4. The number of para-hydroxylation sites is 1. The molecular formula is C20H24N4O. The first-order valence-corrected chi connectivity index (χ1v) is 8.48. The molecule has 0 radical (unpaired) electrons. The number of benzene rings is 1. The average molecular weight is 336 g/mol. The van der Waals surface area contributed by atoms with Crippen LogP contribution in [-0.4, -0.2) is 27.7 Å². The summed E-state index contributed by atoms with van der Waals surface area (Å²) in [6, 6.07) is 12.6. The van der Waals surface area contributed by atoms with Gasteiger partial charge in [0, 0.05) is 31.2 Å². The Morgan fingerprint density at radius 2 is 2.00 bits per heavy atom. The minimum atomic E-state index is 0.340. The number of aryl methyl sites for hydroxylation is 1. The monoisotopic (exact) mass is 336 g/mol. The van der Waals surface area contributed by atoms with Crippen LogP contribution in [0.15, 0.2) is 55.0 Å². The summed E-state index contributed by atoms with van der Waals surface area (Å²) in [6.07, 6.45) is 6.54. The Hall–Kier alpha value is -2.66. The second-order valence-corrected chi connectivity index (χ2v) is 6.17. The topological polar surface area (TPSA) is 52.0 Å². The molecule has 0 aliphatic heterocycles. The van der Waals surface area contributed by atoms with Crippen molar-refractivity contribution in [2.24, 2.45) is 0 Å². The molecule has 0 aliphatic carbocycles. The zero-order valence-electron chi connectivity index (χ0n) is 14.9. The highest BCUT2D eigenvalue weighted by molar-refractivity contribution is 5.34. The lowest BCUT2D eigenvalue weighted by atomic mass is 10.1. The molecule has 1 aromatic carbocycles. The van der Waals surface area contributed by atoms with Crippen molar-refractivity contribution in [2.75, 3.05) is 7.11 Å². The van der Waals surface area contributed by atoms with Crippen LogP contribution in [0.2, 0.25) is 0 Å². The van der Waals surface area contributed by atoms with E-state index in [2.05, 4.69) is 34.3 Å². The normalized spacial score (nSPS) is 12.1. The summed E-state index contributed by atoms with van der Waals surface area (Å²) >= 11 is 0. The molecule has 25 heavy (non-hydrogen) atoms. The molecule has 5 nitrogen and oxygen atoms in total. The quantitative estimate of drug-likeness (QED) is 0.719. The number of pyridine rings is 1. The van der Waals surface area contributed by atoms with Crippen LogP contribution >= 0.6 is 0 Å². The molecule has 5 heteroatoms. The molecule has 0 aliphatic rings. The Morgan fingerprint density at radius 3 is 2.68 bits per heavy atom. The van der Waals surface area contributed by atoms with Crippen LogP contribution in [0.3, 0.4) is 0 Å². The molecule has 1 atom stereocenters. The SMILES string of the molecule is COc1ccccc1C[C@@H](C)NCc1ccc(-n2ccnc2C)nc1. The van der Waals surface area contributed by atoms with Crippen molar-refractivity contribution in [1.29, 1.82) is 0 Å². The molecular weight excluding hydrogens is 312 g/mol. The number of nitrogens with one attached hydrogen (secondary N) is 1. The van der Waals surface area contributed by atoms with Crippen molar-refractivity contribution in [3.63, 3.8) is 0 Å². The summed E-state index contributed by atoms with van der Waals surface area (Å²) in [4.78, 5) is 8.76. The minimum absolute atomic E-state index is 0.340. The summed E-state index contributed by atoms with van der Waals surface area (Å²) in [5.41, 5.74) is 2.38. The van der Waals surface area contributed by atoms with Gasteiger partial charge in [0.15, 0.2) is 0 Å². The van der Waals surface area contributed by atoms with Crippen LogP contribution in [0.25, 0.3) is 5.82 Å². The lowest BCUT2D eigenvalue weighted by Crippen LogP contribution is -2.27. The smallest absolute Gasteiger partial charge is 0.137 e. The Morgan fingerprint density at radius 1 is 1.16 bits per heavy atom. The van der Waals surface area contributed by atoms with Crippen LogP contribution < -0.4 is 10.1 Å². The van der Waals surface area contributed by atoms with E-state index in [-0.39, 0.29) is 0 Å². The van der Waals surface area contributed by atoms with E-state index >= 15 is 0 Å². The van der Waals surface area contributed by atoms with Gasteiger partial charge < -0.3 is 10.1 Å². The molecule has 3 aromatic rings. The van der Waals surface area contributed by atoms with Crippen molar-refractivity contribution in [3.05, 3.63) is 71.9 Å². The predicted octanol–water partition coefficient (Wildman–Crippen LogP) is 3.31. The Kier molecular flexibility index (Phi) is 5.46. The van der Waals surface area contributed by atoms with Gasteiger partial charge in [-0.15, -0.1) is 0 Å². The standard InChI is InChI=1S/C20H24N4O/c1-15(12-18-6-4-5-7-19(18)25-3)22-13-17-8-9-20(23-14-17)24-11-10-21-16(24)2/h4-11,14-15,22H,12-13H2,1-3H3/t15-/m1/s1. The van der Waals surface area contributed by atoms with E-state index in [9.17, 15) is 0 Å². The number of hydrogen-bond donors (Lipinski definition) is 1. The van der Waals surface area contributed by atoms with Gasteiger partial charge in [0.2, 0.25) is 0 Å². The maximum Gasteiger partial charge on any atom is 0.137 e. The number of aromatic nitrogens is 3. The van der Waals surface area contributed by atoms with E-state index in [4.69, 9.17) is 4.74 Å². The Bertz CT molecular complexity index is 811. The minimum Gasteiger partial charge on any atom is -0.496 e. The summed E-state index contributed by atoms with van der Waals surface area (Å²) in [5, 5.41) is 3.55. The molecule has 3 rings (SSSR count). The van der Waals surface area contributed by atoms with Crippen molar-refractivity contribution in [1.82, 2.24) is 19.9 Å². The third-order valence-electron chi connectivity index (χ3n) is 4.25. The van der Waals surface area contributed by atoms with E-state index in [1.54, 1.807) is 13.3 Å². The fourth-order valence-corrected chi connectivity index (χ4v) is 2.85. The van der Waals surface area contributed by atoms with Gasteiger partial charge in [0.1, 0.15) is 17.4 Å². The Balaban J connectivity index is 1.57. The summed E-state index contributed by atoms with van der Waals surface area (Å²) < 4.78 is 7.40. The molecule has 0 amide bonds. The number of methoxy groups -OCH3 is 1. The van der Waals surface area contributed by atoms with Gasteiger partial charge >= 0.3 is 0 Å². The number of ether oxygens (including phenoxy) is 1. The predicted molar refractivity (Wildman–Crippen MR) is 99.1 cm³/mol. The highest BCUT2D eigenvalue weighted by Crippen LogP contribution is 2.19. The first-order chi connectivity index (χ1) is 12.2. The van der Waals surface area contributed by atoms with Gasteiger partial charge in [-0.1, -0.05) is 24.3 Å². The Labute approximate surface area is 148 Å². The molecule has 0 bridgehead atoms. The van der Waals surface area contributed by atoms with E-state index in [0.29, 0.717) is 6.04 Å². The first-order valence-electron chi connectivity index (χ1n) is 8.48. The average Bonchev–Trinajstić information content (AvgIpc) is 3.07. The number of rotatable bonds is 7. The molecule has 2 heterocycles. The fraction of sp³-hybridized carbons (Fsp3) is 0.300. The highest BCUT2D eigenvalue weighted by atomic mass is 16.5. The second kappa shape index (κ2) is 7.94. The van der Waals surface area contributed by atoms with Crippen LogP contribution in [0.4, 0.5) is 0 Å². The molecule has 0 saturated carbocycles. The van der Waals surface area contributed by atoms with E-state index in [1.807, 2.05) is 48.1 Å². The van der Waals surface area contributed by atoms with E-state index in [1.165, 1.54) is 5.56 Å². The second-order valence-electron chi connectivity index (χ2n) is 6.17. The molecule has 2 aromatic heterocycles. The molecule has 0 saturated heterocycles. The lowest BCUT2D eigenvalue weighted by Gasteiger charge is -2.16. The summed E-state index contributed by atoms with van der Waals surface area (Å²) in [6.45, 7) is 4.94. The van der Waals surface area contributed by atoms with Crippen LogP contribution in [0, 0.1) is 6.92 Å². The van der Waals surface area contributed by atoms with Gasteiger partial charge in [-0.3, -0.25) is 4.57 Å². The van der Waals surface area contributed by atoms with Crippen molar-refractivity contribution in [3.8, 4) is 11.6 Å². The largest absolute Gasteiger partial charge is 0.496 e. The lowest BCUT2D eigenvalue weighted by molar-refractivity contribution is 0.406. The van der Waals surface area contributed by atoms with Crippen molar-refractivity contribution >= 4 is 0 Å². The zero-order chi connectivity index (χ0) is 17.6. The van der Waals surface area contributed by atoms with E-state index < -0.39 is 0 Å². The molecule has 0 unspecified atom stereocenters. The van der Waals surface area contributed by atoms with E-state index in [0.717, 1.165) is 35.9 Å². The highest BCUT2D eigenvalue weighted by Gasteiger charge is 2.08. The summed E-state index contributed by atoms with van der Waals surface area (Å²) in [7, 11) is 1.71. The molecule has 130 valence electrons. The number of nitrogens with zero attached hydrogens (tertiary/aromatic N) is 3. The van der Waals surface area contributed by atoms with Gasteiger partial charge in [-0.25, -0.2) is 9.97 Å². The van der Waals surface area contributed by atoms with Crippen LogP contribution in [0.5, 0.6) is 5.75 Å².